The molecule has 0 spiro atoms. The quantitative estimate of drug-likeness (QED) is 0.378. The van der Waals surface area contributed by atoms with Gasteiger partial charge in [-0.15, -0.1) is 5.92 Å². The monoisotopic (exact) mass is 376 g/mol. The fraction of sp³-hybridized carbons (Fsp3) is 0.148. The molecular weight excluding hydrogens is 352 g/mol. The van der Waals surface area contributed by atoms with Crippen LogP contribution in [0.15, 0.2) is 72.9 Å². The third-order valence-corrected chi connectivity index (χ3v) is 5.14. The number of aryl methyl sites for hydroxylation is 3. The molecule has 4 rings (SSSR count). The van der Waals surface area contributed by atoms with Gasteiger partial charge in [-0.1, -0.05) is 48.4 Å². The molecule has 2 nitrogen and oxygen atoms in total. The van der Waals surface area contributed by atoms with Crippen molar-refractivity contribution < 1.29 is 0 Å². The van der Waals surface area contributed by atoms with Crippen molar-refractivity contribution in [3.05, 3.63) is 89.9 Å². The first kappa shape index (κ1) is 18.8. The Morgan fingerprint density at radius 2 is 1.38 bits per heavy atom. The summed E-state index contributed by atoms with van der Waals surface area (Å²) in [6.07, 6.45) is 2.08. The fourth-order valence-electron chi connectivity index (χ4n) is 3.59. The van der Waals surface area contributed by atoms with E-state index in [4.69, 9.17) is 0 Å². The van der Waals surface area contributed by atoms with Crippen LogP contribution in [0, 0.1) is 25.7 Å². The van der Waals surface area contributed by atoms with Gasteiger partial charge in [0.15, 0.2) is 0 Å². The number of hydrogen-bond donors (Lipinski definition) is 0. The second kappa shape index (κ2) is 7.81. The Kier molecular flexibility index (Phi) is 5.06. The molecule has 0 radical (unpaired) electrons. The van der Waals surface area contributed by atoms with Crippen molar-refractivity contribution in [2.24, 2.45) is 7.05 Å². The predicted octanol–water partition coefficient (Wildman–Crippen LogP) is 6.41. The van der Waals surface area contributed by atoms with Crippen molar-refractivity contribution in [3.63, 3.8) is 0 Å². The first-order valence-corrected chi connectivity index (χ1v) is 9.79. The maximum Gasteiger partial charge on any atom is 0.105 e. The van der Waals surface area contributed by atoms with Crippen LogP contribution in [0.4, 0.5) is 0 Å². The summed E-state index contributed by atoms with van der Waals surface area (Å²) in [5.74, 6) is 7.15. The second-order valence-corrected chi connectivity index (χ2v) is 7.41. The summed E-state index contributed by atoms with van der Waals surface area (Å²) in [5, 5.41) is 0. The molecule has 0 fully saturated rings. The highest BCUT2D eigenvalue weighted by molar-refractivity contribution is 5.77. The van der Waals surface area contributed by atoms with Gasteiger partial charge in [0.2, 0.25) is 0 Å². The largest absolute Gasteiger partial charge is 0.338 e. The molecule has 0 unspecified atom stereocenters. The van der Waals surface area contributed by atoms with E-state index in [1.54, 1.807) is 0 Å². The molecule has 1 aromatic heterocycles. The molecule has 0 atom stereocenters. The summed E-state index contributed by atoms with van der Waals surface area (Å²) >= 11 is 0. The topological polar surface area (TPSA) is 17.8 Å². The van der Waals surface area contributed by atoms with E-state index in [2.05, 4.69) is 101 Å². The van der Waals surface area contributed by atoms with E-state index < -0.39 is 0 Å². The lowest BCUT2D eigenvalue weighted by atomic mass is 9.95. The minimum absolute atomic E-state index is 1.01. The zero-order valence-electron chi connectivity index (χ0n) is 17.3. The molecule has 0 saturated carbocycles. The van der Waals surface area contributed by atoms with E-state index in [9.17, 15) is 0 Å². The van der Waals surface area contributed by atoms with Gasteiger partial charge in [-0.3, -0.25) is 0 Å². The van der Waals surface area contributed by atoms with Gasteiger partial charge in [0.1, 0.15) is 5.82 Å². The third kappa shape index (κ3) is 4.00. The normalized spacial score (nSPS) is 10.5. The summed E-state index contributed by atoms with van der Waals surface area (Å²) in [5.41, 5.74) is 9.22. The minimum atomic E-state index is 1.01. The number of benzene rings is 3. The Morgan fingerprint density at radius 1 is 0.759 bits per heavy atom. The van der Waals surface area contributed by atoms with Crippen LogP contribution in [-0.4, -0.2) is 9.55 Å². The van der Waals surface area contributed by atoms with E-state index in [-0.39, 0.29) is 0 Å². The molecule has 1 heterocycles. The predicted molar refractivity (Wildman–Crippen MR) is 122 cm³/mol. The van der Waals surface area contributed by atoms with Crippen LogP contribution in [0.2, 0.25) is 0 Å². The molecule has 0 N–H and O–H groups in total. The summed E-state index contributed by atoms with van der Waals surface area (Å²) in [6.45, 7) is 6.04. The summed E-state index contributed by atoms with van der Waals surface area (Å²) in [4.78, 5) is 4.68. The van der Waals surface area contributed by atoms with Crippen LogP contribution in [-0.2, 0) is 7.05 Å². The number of hydrogen-bond acceptors (Lipinski definition) is 1. The highest BCUT2D eigenvalue weighted by Gasteiger charge is 2.08. The van der Waals surface area contributed by atoms with Crippen molar-refractivity contribution in [1.29, 1.82) is 0 Å². The van der Waals surface area contributed by atoms with Gasteiger partial charge in [-0.2, -0.15) is 0 Å². The summed E-state index contributed by atoms with van der Waals surface area (Å²) < 4.78 is 2.05. The van der Waals surface area contributed by atoms with Gasteiger partial charge in [0.25, 0.3) is 0 Å². The first-order chi connectivity index (χ1) is 14.0. The van der Waals surface area contributed by atoms with E-state index in [0.29, 0.717) is 0 Å². The lowest BCUT2D eigenvalue weighted by molar-refractivity contribution is 0.858. The molecule has 142 valence electrons. The zero-order chi connectivity index (χ0) is 20.4. The van der Waals surface area contributed by atoms with Crippen molar-refractivity contribution in [3.8, 4) is 45.4 Å². The standard InChI is InChI=1S/C27H24N2/c1-5-8-21-9-6-10-22(15-21)25-13-19(2)14-26(17-25)23-11-7-12-24(16-23)27-18-29(4)20(3)28-27/h6-7,9-18H,1-4H3. The van der Waals surface area contributed by atoms with Crippen molar-refractivity contribution >= 4 is 0 Å². The van der Waals surface area contributed by atoms with Gasteiger partial charge in [0.05, 0.1) is 5.69 Å². The van der Waals surface area contributed by atoms with E-state index >= 15 is 0 Å². The van der Waals surface area contributed by atoms with Gasteiger partial charge in [-0.25, -0.2) is 4.98 Å². The van der Waals surface area contributed by atoms with Crippen LogP contribution in [0.1, 0.15) is 23.9 Å². The van der Waals surface area contributed by atoms with Crippen LogP contribution >= 0.6 is 0 Å². The Hall–Kier alpha value is -3.57. The lowest BCUT2D eigenvalue weighted by Crippen LogP contribution is -1.87. The van der Waals surface area contributed by atoms with Gasteiger partial charge in [0, 0.05) is 24.4 Å². The number of rotatable bonds is 3. The summed E-state index contributed by atoms with van der Waals surface area (Å²) in [7, 11) is 2.03. The second-order valence-electron chi connectivity index (χ2n) is 7.41. The van der Waals surface area contributed by atoms with Gasteiger partial charge >= 0.3 is 0 Å². The zero-order valence-corrected chi connectivity index (χ0v) is 17.3. The SMILES string of the molecule is CC#Cc1cccc(-c2cc(C)cc(-c3cccc(-c4cn(C)c(C)n4)c3)c2)c1. The van der Waals surface area contributed by atoms with Crippen molar-refractivity contribution in [2.75, 3.05) is 0 Å². The molecule has 4 aromatic rings. The Bertz CT molecular complexity index is 1230. The van der Waals surface area contributed by atoms with Crippen LogP contribution in [0.25, 0.3) is 33.5 Å². The summed E-state index contributed by atoms with van der Waals surface area (Å²) in [6, 6.07) is 23.8. The van der Waals surface area contributed by atoms with Crippen LogP contribution in [0.3, 0.4) is 0 Å². The minimum Gasteiger partial charge on any atom is -0.338 e. The number of aromatic nitrogens is 2. The Balaban J connectivity index is 1.77. The molecule has 0 aliphatic heterocycles. The molecule has 29 heavy (non-hydrogen) atoms. The maximum absolute atomic E-state index is 4.68. The molecule has 0 bridgehead atoms. The molecule has 2 heteroatoms. The Morgan fingerprint density at radius 3 is 2.03 bits per heavy atom. The lowest BCUT2D eigenvalue weighted by Gasteiger charge is -2.10. The van der Waals surface area contributed by atoms with E-state index in [1.165, 1.54) is 27.8 Å². The fourth-order valence-corrected chi connectivity index (χ4v) is 3.59. The molecule has 0 aliphatic rings. The highest BCUT2D eigenvalue weighted by atomic mass is 15.0. The van der Waals surface area contributed by atoms with E-state index in [1.807, 2.05) is 20.9 Å². The third-order valence-electron chi connectivity index (χ3n) is 5.14. The molecule has 0 saturated heterocycles. The average Bonchev–Trinajstić information content (AvgIpc) is 3.07. The molecular formula is C27H24N2. The van der Waals surface area contributed by atoms with Gasteiger partial charge in [-0.05, 0) is 72.9 Å². The van der Waals surface area contributed by atoms with Crippen molar-refractivity contribution in [1.82, 2.24) is 9.55 Å². The highest BCUT2D eigenvalue weighted by Crippen LogP contribution is 2.31. The Labute approximate surface area is 172 Å². The number of imidazole rings is 1. The van der Waals surface area contributed by atoms with Crippen LogP contribution < -0.4 is 0 Å². The van der Waals surface area contributed by atoms with E-state index in [0.717, 1.165) is 22.6 Å². The molecule has 3 aromatic carbocycles. The maximum atomic E-state index is 4.68. The smallest absolute Gasteiger partial charge is 0.105 e. The van der Waals surface area contributed by atoms with Crippen molar-refractivity contribution in [2.45, 2.75) is 20.8 Å². The van der Waals surface area contributed by atoms with Gasteiger partial charge < -0.3 is 4.57 Å². The molecule has 0 amide bonds. The first-order valence-electron chi connectivity index (χ1n) is 9.79. The van der Waals surface area contributed by atoms with Crippen LogP contribution in [0.5, 0.6) is 0 Å². The molecule has 0 aliphatic carbocycles. The number of nitrogens with zero attached hydrogens (tertiary/aromatic N) is 2. The average molecular weight is 377 g/mol.